The molecule has 0 spiro atoms. The summed E-state index contributed by atoms with van der Waals surface area (Å²) in [5.41, 5.74) is 6.59. The van der Waals surface area contributed by atoms with Crippen LogP contribution in [0.5, 0.6) is 5.75 Å². The summed E-state index contributed by atoms with van der Waals surface area (Å²) in [5.74, 6) is 1.81. The van der Waals surface area contributed by atoms with E-state index >= 15 is 0 Å². The maximum atomic E-state index is 13.2. The molecule has 3 aliphatic heterocycles. The summed E-state index contributed by atoms with van der Waals surface area (Å²) >= 11 is 0. The summed E-state index contributed by atoms with van der Waals surface area (Å²) in [4.78, 5) is 69.6. The zero-order valence-electron chi connectivity index (χ0n) is 30.5. The molecule has 2 saturated heterocycles. The van der Waals surface area contributed by atoms with Crippen molar-refractivity contribution in [1.82, 2.24) is 40.4 Å². The summed E-state index contributed by atoms with van der Waals surface area (Å²) in [5, 5.41) is 6.95. The second-order valence-electron chi connectivity index (χ2n) is 14.2. The molecule has 0 radical (unpaired) electrons. The fraction of sp³-hybridized carbons (Fsp3) is 0.385. The van der Waals surface area contributed by atoms with Crippen LogP contribution in [0, 0.1) is 0 Å². The number of aromatic amines is 2. The summed E-state index contributed by atoms with van der Waals surface area (Å²) in [6.07, 6.45) is 3.69. The Morgan fingerprint density at radius 2 is 1.48 bits per heavy atom. The molecule has 54 heavy (non-hydrogen) atoms. The van der Waals surface area contributed by atoms with Crippen molar-refractivity contribution in [3.05, 3.63) is 65.9 Å². The van der Waals surface area contributed by atoms with Crippen molar-refractivity contribution in [2.45, 2.75) is 70.3 Å². The van der Waals surface area contributed by atoms with Gasteiger partial charge in [0.2, 0.25) is 11.8 Å². The molecule has 15 nitrogen and oxygen atoms in total. The molecule has 0 bridgehead atoms. The summed E-state index contributed by atoms with van der Waals surface area (Å²) < 4.78 is 15.6. The van der Waals surface area contributed by atoms with Crippen molar-refractivity contribution in [1.29, 1.82) is 0 Å². The van der Waals surface area contributed by atoms with E-state index in [1.54, 1.807) is 16.0 Å². The van der Waals surface area contributed by atoms with Gasteiger partial charge in [0.05, 0.1) is 49.2 Å². The van der Waals surface area contributed by atoms with Crippen LogP contribution < -0.4 is 15.4 Å². The van der Waals surface area contributed by atoms with Crippen LogP contribution in [0.3, 0.4) is 0 Å². The van der Waals surface area contributed by atoms with Crippen LogP contribution in [-0.2, 0) is 25.7 Å². The maximum absolute atomic E-state index is 13.2. The Morgan fingerprint density at radius 3 is 2.15 bits per heavy atom. The largest absolute Gasteiger partial charge is 0.488 e. The van der Waals surface area contributed by atoms with Crippen molar-refractivity contribution in [2.24, 2.45) is 0 Å². The van der Waals surface area contributed by atoms with Crippen LogP contribution in [0.15, 0.2) is 48.7 Å². The van der Waals surface area contributed by atoms with Gasteiger partial charge in [-0.2, -0.15) is 0 Å². The van der Waals surface area contributed by atoms with E-state index in [0.717, 1.165) is 81.2 Å². The number of hydrogen-bond acceptors (Lipinski definition) is 9. The fourth-order valence-electron chi connectivity index (χ4n) is 8.25. The first-order chi connectivity index (χ1) is 26.1. The molecular weight excluding hydrogens is 692 g/mol. The molecule has 5 heterocycles. The van der Waals surface area contributed by atoms with E-state index in [0.29, 0.717) is 18.3 Å². The van der Waals surface area contributed by atoms with E-state index < -0.39 is 12.2 Å². The Hall–Kier alpha value is -6.12. The van der Waals surface area contributed by atoms with Gasteiger partial charge in [0.25, 0.3) is 0 Å². The number of H-pyrrole nitrogens is 2. The number of ether oxygens (including phenoxy) is 3. The van der Waals surface area contributed by atoms with Crippen molar-refractivity contribution in [3.63, 3.8) is 0 Å². The molecule has 1 unspecified atom stereocenters. The summed E-state index contributed by atoms with van der Waals surface area (Å²) in [7, 11) is 2.53. The topological polar surface area (TPSA) is 184 Å². The highest BCUT2D eigenvalue weighted by Gasteiger charge is 2.38. The summed E-state index contributed by atoms with van der Waals surface area (Å²) in [6, 6.07) is 14.1. The molecule has 280 valence electrons. The Labute approximate surface area is 310 Å². The smallest absolute Gasteiger partial charge is 0.407 e. The molecule has 3 aromatic carbocycles. The SMILES string of the molecule is COC(=O)NCC(=O)N1C(c2ncc(-c3ccc4c(c3)COc3cc5c(ccc6[nH]c([C@@H]7CC[C@H](C)N7C(=O)CNC(=O)OC)nc65)cc3-4)[nH]2)CC[C@@H]1C. The second-order valence-corrected chi connectivity index (χ2v) is 14.2. The van der Waals surface area contributed by atoms with Gasteiger partial charge in [-0.3, -0.25) is 9.59 Å². The van der Waals surface area contributed by atoms with Crippen molar-refractivity contribution in [2.75, 3.05) is 27.3 Å². The Morgan fingerprint density at radius 1 is 0.815 bits per heavy atom. The minimum atomic E-state index is -0.645. The molecule has 4 amide bonds. The van der Waals surface area contributed by atoms with Gasteiger partial charge in [0.15, 0.2) is 0 Å². The van der Waals surface area contributed by atoms with Gasteiger partial charge in [-0.15, -0.1) is 0 Å². The number of nitrogens with one attached hydrogen (secondary N) is 4. The molecule has 2 fully saturated rings. The van der Waals surface area contributed by atoms with Gasteiger partial charge in [-0.1, -0.05) is 18.2 Å². The zero-order chi connectivity index (χ0) is 37.7. The minimum Gasteiger partial charge on any atom is -0.488 e. The third-order valence-corrected chi connectivity index (χ3v) is 11.0. The number of rotatable bonds is 7. The molecule has 0 aliphatic carbocycles. The number of carbonyl (C=O) groups is 4. The van der Waals surface area contributed by atoms with Crippen LogP contribution in [0.2, 0.25) is 0 Å². The van der Waals surface area contributed by atoms with E-state index in [9.17, 15) is 19.2 Å². The Bertz CT molecular complexity index is 2300. The lowest BCUT2D eigenvalue weighted by molar-refractivity contribution is -0.133. The molecule has 3 aliphatic rings. The molecule has 5 aromatic rings. The number of alkyl carbamates (subject to hydrolysis) is 2. The third-order valence-electron chi connectivity index (χ3n) is 11.0. The van der Waals surface area contributed by atoms with Crippen LogP contribution in [0.25, 0.3) is 44.2 Å². The molecule has 0 saturated carbocycles. The van der Waals surface area contributed by atoms with E-state index in [2.05, 4.69) is 65.4 Å². The molecule has 4 N–H and O–H groups in total. The van der Waals surface area contributed by atoms with Gasteiger partial charge in [-0.05, 0) is 85.9 Å². The highest BCUT2D eigenvalue weighted by atomic mass is 16.5. The van der Waals surface area contributed by atoms with Crippen molar-refractivity contribution in [3.8, 4) is 28.1 Å². The lowest BCUT2D eigenvalue weighted by Crippen LogP contribution is -2.43. The number of aromatic nitrogens is 4. The average molecular weight is 735 g/mol. The molecule has 15 heteroatoms. The average Bonchev–Trinajstić information content (AvgIpc) is 4.00. The standard InChI is InChI=1S/C39H42N8O7/c1-20-5-11-30(46(20)33(48)17-41-38(50)52-3)36-40-16-29(44-36)23-7-9-25-24(13-23)19-54-32-15-26-22(14-27(25)32)8-10-28-35(26)45-37(43-28)31-12-6-21(2)47(31)34(49)18-42-39(51)53-4/h7-10,13-16,20-21,30-31H,5-6,11-12,17-19H2,1-4H3,(H,40,44)(H,41,50)(H,42,51)(H,43,45)/t20-,21-,30?,31-/m0/s1. The van der Waals surface area contributed by atoms with E-state index in [1.165, 1.54) is 14.2 Å². The maximum Gasteiger partial charge on any atom is 0.407 e. The van der Waals surface area contributed by atoms with Gasteiger partial charge < -0.3 is 44.6 Å². The first kappa shape index (κ1) is 34.9. The number of imidazole rings is 2. The number of benzene rings is 3. The minimum absolute atomic E-state index is 0.00327. The first-order valence-corrected chi connectivity index (χ1v) is 18.2. The molecule has 4 atom stereocenters. The van der Waals surface area contributed by atoms with E-state index in [-0.39, 0.29) is 49.1 Å². The molecule has 2 aromatic heterocycles. The highest BCUT2D eigenvalue weighted by Crippen LogP contribution is 2.44. The predicted octanol–water partition coefficient (Wildman–Crippen LogP) is 5.48. The third kappa shape index (κ3) is 6.22. The Kier molecular flexibility index (Phi) is 9.07. The predicted molar refractivity (Wildman–Crippen MR) is 198 cm³/mol. The van der Waals surface area contributed by atoms with Crippen LogP contribution >= 0.6 is 0 Å². The van der Waals surface area contributed by atoms with Crippen molar-refractivity contribution < 1.29 is 33.4 Å². The van der Waals surface area contributed by atoms with Crippen molar-refractivity contribution >= 4 is 45.8 Å². The fourth-order valence-corrected chi connectivity index (χ4v) is 8.25. The molecular formula is C39H42N8O7. The number of likely N-dealkylation sites (tertiary alicyclic amines) is 2. The van der Waals surface area contributed by atoms with Crippen LogP contribution in [0.4, 0.5) is 9.59 Å². The van der Waals surface area contributed by atoms with Gasteiger partial charge in [-0.25, -0.2) is 19.6 Å². The monoisotopic (exact) mass is 734 g/mol. The number of hydrogen-bond donors (Lipinski definition) is 4. The van der Waals surface area contributed by atoms with Crippen LogP contribution in [-0.4, -0.2) is 93.1 Å². The van der Waals surface area contributed by atoms with Crippen LogP contribution in [0.1, 0.15) is 68.8 Å². The Balaban J connectivity index is 1.04. The normalized spacial score (nSPS) is 20.4. The number of fused-ring (bicyclic) bond motifs is 6. The number of amides is 4. The lowest BCUT2D eigenvalue weighted by Gasteiger charge is -2.27. The second kappa shape index (κ2) is 14.0. The number of nitrogens with zero attached hydrogens (tertiary/aromatic N) is 4. The van der Waals surface area contributed by atoms with E-state index in [4.69, 9.17) is 9.72 Å². The highest BCUT2D eigenvalue weighted by molar-refractivity contribution is 6.07. The zero-order valence-corrected chi connectivity index (χ0v) is 30.5. The lowest BCUT2D eigenvalue weighted by atomic mass is 9.92. The van der Waals surface area contributed by atoms with Gasteiger partial charge >= 0.3 is 12.2 Å². The summed E-state index contributed by atoms with van der Waals surface area (Å²) in [6.45, 7) is 4.11. The first-order valence-electron chi connectivity index (χ1n) is 18.2. The van der Waals surface area contributed by atoms with E-state index in [1.807, 2.05) is 26.0 Å². The molecule has 8 rings (SSSR count). The number of carbonyl (C=O) groups excluding carboxylic acids is 4. The van der Waals surface area contributed by atoms with Gasteiger partial charge in [0.1, 0.15) is 37.1 Å². The quantitative estimate of drug-likeness (QED) is 0.168. The van der Waals surface area contributed by atoms with Gasteiger partial charge in [0, 0.05) is 23.0 Å². The number of methoxy groups -OCH3 is 2.